The van der Waals surface area contributed by atoms with E-state index in [2.05, 4.69) is 19.2 Å². The number of ether oxygens (including phenoxy) is 2. The summed E-state index contributed by atoms with van der Waals surface area (Å²) in [7, 11) is 0. The van der Waals surface area contributed by atoms with E-state index in [1.165, 1.54) is 0 Å². The number of benzene rings is 2. The zero-order chi connectivity index (χ0) is 15.6. The van der Waals surface area contributed by atoms with Crippen molar-refractivity contribution < 1.29 is 14.3 Å². The average molecular weight is 334 g/mol. The van der Waals surface area contributed by atoms with Gasteiger partial charge in [-0.25, -0.2) is 4.79 Å². The molecule has 1 heterocycles. The second-order valence-corrected chi connectivity index (χ2v) is 6.13. The zero-order valence-electron chi connectivity index (χ0n) is 13.1. The Bertz CT molecular complexity index is 656. The summed E-state index contributed by atoms with van der Waals surface area (Å²) in [6.45, 7) is 4.56. The molecular formula is C18H20ClNO3. The van der Waals surface area contributed by atoms with Crippen LogP contribution in [0.1, 0.15) is 25.5 Å². The molecule has 0 radical (unpaired) electrons. The van der Waals surface area contributed by atoms with Crippen molar-refractivity contribution in [1.29, 1.82) is 0 Å². The Labute approximate surface area is 142 Å². The highest BCUT2D eigenvalue weighted by Crippen LogP contribution is 2.37. The molecular weight excluding hydrogens is 314 g/mol. The second kappa shape index (κ2) is 6.92. The van der Waals surface area contributed by atoms with Crippen LogP contribution in [0.15, 0.2) is 54.6 Å². The molecule has 1 amide bonds. The van der Waals surface area contributed by atoms with Gasteiger partial charge in [0.1, 0.15) is 18.1 Å². The van der Waals surface area contributed by atoms with Gasteiger partial charge in [-0.1, -0.05) is 44.2 Å². The first-order chi connectivity index (χ1) is 10.5. The lowest BCUT2D eigenvalue weighted by Gasteiger charge is -2.38. The molecule has 5 heteroatoms. The largest absolute Gasteiger partial charge is 0.457 e. The standard InChI is InChI=1S/C18H19NO3.ClH/c1-18(2)12-21-17(20)19-16(18)13-8-10-15(11-9-13)22-14-6-4-3-5-7-14;/h3-11,16H,12H2,1-2H3,(H,19,20);1H/t16-;/m1./s1. The smallest absolute Gasteiger partial charge is 0.407 e. The van der Waals surface area contributed by atoms with E-state index >= 15 is 0 Å². The van der Waals surface area contributed by atoms with Crippen LogP contribution in [0.25, 0.3) is 0 Å². The van der Waals surface area contributed by atoms with Gasteiger partial charge in [-0.2, -0.15) is 0 Å². The Kier molecular flexibility index (Phi) is 5.16. The molecule has 2 aromatic rings. The minimum atomic E-state index is -0.367. The van der Waals surface area contributed by atoms with Gasteiger partial charge in [0.15, 0.2) is 0 Å². The monoisotopic (exact) mass is 333 g/mol. The van der Waals surface area contributed by atoms with E-state index < -0.39 is 0 Å². The van der Waals surface area contributed by atoms with Gasteiger partial charge in [-0.3, -0.25) is 0 Å². The fourth-order valence-electron chi connectivity index (χ4n) is 2.58. The first-order valence-electron chi connectivity index (χ1n) is 7.31. The Hall–Kier alpha value is -2.20. The molecule has 4 nitrogen and oxygen atoms in total. The van der Waals surface area contributed by atoms with E-state index in [1.54, 1.807) is 0 Å². The number of hydrogen-bond donors (Lipinski definition) is 1. The van der Waals surface area contributed by atoms with E-state index in [-0.39, 0.29) is 30.0 Å². The number of alkyl carbamates (subject to hydrolysis) is 1. The summed E-state index contributed by atoms with van der Waals surface area (Å²) in [5.74, 6) is 1.57. The molecule has 1 fully saturated rings. The summed E-state index contributed by atoms with van der Waals surface area (Å²) >= 11 is 0. The summed E-state index contributed by atoms with van der Waals surface area (Å²) in [6.07, 6.45) is -0.367. The highest BCUT2D eigenvalue weighted by atomic mass is 35.5. The lowest BCUT2D eigenvalue weighted by Crippen LogP contribution is -2.46. The van der Waals surface area contributed by atoms with Crippen LogP contribution >= 0.6 is 12.4 Å². The van der Waals surface area contributed by atoms with Crippen molar-refractivity contribution in [3.05, 3.63) is 60.2 Å². The molecule has 2 aromatic carbocycles. The van der Waals surface area contributed by atoms with Crippen LogP contribution in [0.5, 0.6) is 11.5 Å². The molecule has 0 aromatic heterocycles. The van der Waals surface area contributed by atoms with Crippen LogP contribution in [0.3, 0.4) is 0 Å². The number of carbonyl (C=O) groups excluding carboxylic acids is 1. The van der Waals surface area contributed by atoms with Gasteiger partial charge >= 0.3 is 6.09 Å². The molecule has 0 spiro atoms. The molecule has 0 unspecified atom stereocenters. The van der Waals surface area contributed by atoms with Crippen molar-refractivity contribution >= 4 is 18.5 Å². The summed E-state index contributed by atoms with van der Waals surface area (Å²) in [5, 5.41) is 2.89. The normalized spacial score (nSPS) is 19.0. The van der Waals surface area contributed by atoms with Crippen molar-refractivity contribution in [3.63, 3.8) is 0 Å². The molecule has 1 N–H and O–H groups in total. The predicted octanol–water partition coefficient (Wildman–Crippen LogP) is 4.71. The van der Waals surface area contributed by atoms with Crippen molar-refractivity contribution in [2.75, 3.05) is 6.61 Å². The molecule has 3 rings (SSSR count). The van der Waals surface area contributed by atoms with Gasteiger partial charge in [0, 0.05) is 5.41 Å². The number of nitrogens with one attached hydrogen (secondary N) is 1. The average Bonchev–Trinajstić information content (AvgIpc) is 2.52. The van der Waals surface area contributed by atoms with Gasteiger partial charge in [-0.15, -0.1) is 12.4 Å². The number of halogens is 1. The van der Waals surface area contributed by atoms with Crippen molar-refractivity contribution in [2.24, 2.45) is 5.41 Å². The fraction of sp³-hybridized carbons (Fsp3) is 0.278. The minimum absolute atomic E-state index is 0. The third-order valence-corrected chi connectivity index (χ3v) is 3.81. The number of cyclic esters (lactones) is 1. The van der Waals surface area contributed by atoms with E-state index in [0.717, 1.165) is 17.1 Å². The SMILES string of the molecule is CC1(C)COC(=O)N[C@@H]1c1ccc(Oc2ccccc2)cc1.Cl. The van der Waals surface area contributed by atoms with Gasteiger partial charge < -0.3 is 14.8 Å². The third-order valence-electron chi connectivity index (χ3n) is 3.81. The van der Waals surface area contributed by atoms with E-state index in [0.29, 0.717) is 6.61 Å². The lowest BCUT2D eigenvalue weighted by molar-refractivity contribution is 0.0387. The maximum Gasteiger partial charge on any atom is 0.407 e. The first-order valence-corrected chi connectivity index (χ1v) is 7.31. The Morgan fingerprint density at radius 1 is 1.04 bits per heavy atom. The van der Waals surface area contributed by atoms with E-state index in [1.807, 2.05) is 54.6 Å². The topological polar surface area (TPSA) is 47.6 Å². The first kappa shape index (κ1) is 17.2. The number of amides is 1. The fourth-order valence-corrected chi connectivity index (χ4v) is 2.58. The molecule has 122 valence electrons. The Balaban J connectivity index is 0.00000192. The summed E-state index contributed by atoms with van der Waals surface area (Å²) < 4.78 is 10.9. The number of carbonyl (C=O) groups is 1. The van der Waals surface area contributed by atoms with E-state index in [9.17, 15) is 4.79 Å². The van der Waals surface area contributed by atoms with Gasteiger partial charge in [0.2, 0.25) is 0 Å². The molecule has 1 aliphatic rings. The van der Waals surface area contributed by atoms with E-state index in [4.69, 9.17) is 9.47 Å². The summed E-state index contributed by atoms with van der Waals surface area (Å²) in [4.78, 5) is 11.5. The maximum absolute atomic E-state index is 11.5. The van der Waals surface area contributed by atoms with Crippen LogP contribution in [-0.4, -0.2) is 12.7 Å². The number of rotatable bonds is 3. The Morgan fingerprint density at radius 3 is 2.30 bits per heavy atom. The minimum Gasteiger partial charge on any atom is -0.457 e. The van der Waals surface area contributed by atoms with Crippen molar-refractivity contribution in [3.8, 4) is 11.5 Å². The molecule has 1 aliphatic heterocycles. The lowest BCUT2D eigenvalue weighted by atomic mass is 9.80. The van der Waals surface area contributed by atoms with Gasteiger partial charge in [-0.05, 0) is 29.8 Å². The van der Waals surface area contributed by atoms with Crippen LogP contribution in [-0.2, 0) is 4.74 Å². The van der Waals surface area contributed by atoms with Crippen LogP contribution < -0.4 is 10.1 Å². The van der Waals surface area contributed by atoms with Crippen molar-refractivity contribution in [2.45, 2.75) is 19.9 Å². The van der Waals surface area contributed by atoms with Crippen LogP contribution in [0.2, 0.25) is 0 Å². The third kappa shape index (κ3) is 3.96. The maximum atomic E-state index is 11.5. The van der Waals surface area contributed by atoms with Crippen LogP contribution in [0, 0.1) is 5.41 Å². The highest BCUT2D eigenvalue weighted by molar-refractivity contribution is 5.85. The molecule has 23 heavy (non-hydrogen) atoms. The molecule has 0 saturated carbocycles. The second-order valence-electron chi connectivity index (χ2n) is 6.13. The summed E-state index contributed by atoms with van der Waals surface area (Å²) in [5.41, 5.74) is 0.887. The number of hydrogen-bond acceptors (Lipinski definition) is 3. The predicted molar refractivity (Wildman–Crippen MR) is 91.2 cm³/mol. The van der Waals surface area contributed by atoms with Gasteiger partial charge in [0.05, 0.1) is 6.04 Å². The van der Waals surface area contributed by atoms with Gasteiger partial charge in [0.25, 0.3) is 0 Å². The zero-order valence-corrected chi connectivity index (χ0v) is 13.9. The Morgan fingerprint density at radius 2 is 1.65 bits per heavy atom. The molecule has 0 bridgehead atoms. The number of para-hydroxylation sites is 1. The summed E-state index contributed by atoms with van der Waals surface area (Å²) in [6, 6.07) is 17.4. The van der Waals surface area contributed by atoms with Crippen molar-refractivity contribution in [1.82, 2.24) is 5.32 Å². The quantitative estimate of drug-likeness (QED) is 0.885. The molecule has 1 atom stereocenters. The highest BCUT2D eigenvalue weighted by Gasteiger charge is 2.37. The van der Waals surface area contributed by atoms with Crippen LogP contribution in [0.4, 0.5) is 4.79 Å². The molecule has 1 saturated heterocycles. The molecule has 0 aliphatic carbocycles.